The molecule has 3 fully saturated rings. The van der Waals surface area contributed by atoms with Gasteiger partial charge < -0.3 is 72.8 Å². The largest absolute Gasteiger partial charge is 0.493 e. The molecule has 0 bridgehead atoms. The quantitative estimate of drug-likeness (QED) is 0.0303. The number of likely N-dealkylation sites (N-methyl/N-ethyl adjacent to an activating group) is 2. The molecule has 586 valence electrons. The number of benzene rings is 6. The molecule has 25 nitrogen and oxygen atoms in total. The van der Waals surface area contributed by atoms with Crippen LogP contribution >= 0.6 is 0 Å². The van der Waals surface area contributed by atoms with Gasteiger partial charge in [0.1, 0.15) is 11.9 Å². The monoisotopic (exact) mass is 1500 g/mol. The SMILES string of the molecule is CCN1CCN(c2cccc3c2C(=O)N([C@H](CCCO)c2ccc(OC)c(OC)c2)C3=O)CC1.CCOCCC[C@H](c1ccc(OC)c(OC)c1)N1C(=O)c2cccc(N3CCN(CC)CC3)c2C1=O.COc1ccc([C@@H](CCCNC(=O)C(C)C)N2C(=O)c3cccc(OC4CCN(C)CC4)c3C2=O)cc1OC. The van der Waals surface area contributed by atoms with Crippen molar-refractivity contribution in [3.05, 3.63) is 159 Å². The minimum absolute atomic E-state index is 0.00383. The van der Waals surface area contributed by atoms with Crippen molar-refractivity contribution in [1.82, 2.24) is 34.7 Å². The standard InChI is InChI=1S/C30H39N3O6.C28H37N3O5.C26H33N3O5/c1-19(2)28(34)31-15-7-9-23(20-11-12-24(37-4)26(18-20)38-5)33-29(35)22-8-6-10-25(27(22)30(33)36)39-21-13-16-32(3)17-14-21;1-5-29-14-16-30(17-15-29)23-10-7-9-21-26(23)28(33)31(27(21)32)22(11-8-18-36-6-2)20-12-13-24(34-3)25(19-20)35-4;1-4-27-12-14-28(15-13-27)21-8-5-7-19-24(21)26(32)29(25(19)31)20(9-6-16-30)18-10-11-22(33-2)23(17-18)34-3/h6,8,10-12,18-19,21,23H,7,9,13-17H2,1-5H3,(H,31,34);7,9-10,12-13,19,22H,5-6,8,11,14-18H2,1-4H3;5,7-8,10-11,17,20,30H,4,6,9,12-16H2,1-3H3/t23-;22-;20-/m111/s1. The molecule has 6 aromatic carbocycles. The third-order valence-electron chi connectivity index (χ3n) is 21.4. The second-order valence-electron chi connectivity index (χ2n) is 28.2. The van der Waals surface area contributed by atoms with Gasteiger partial charge in [0.25, 0.3) is 35.4 Å². The lowest BCUT2D eigenvalue weighted by Gasteiger charge is -2.36. The number of anilines is 2. The Labute approximate surface area is 641 Å². The molecule has 6 aliphatic heterocycles. The minimum atomic E-state index is -0.565. The number of fused-ring (bicyclic) bond motifs is 3. The van der Waals surface area contributed by atoms with Crippen LogP contribution in [0.5, 0.6) is 40.2 Å². The van der Waals surface area contributed by atoms with Crippen LogP contribution in [0.2, 0.25) is 0 Å². The molecule has 0 aliphatic carbocycles. The van der Waals surface area contributed by atoms with Crippen LogP contribution in [0.1, 0.15) is 183 Å². The first-order valence-electron chi connectivity index (χ1n) is 38.3. The number of piperidine rings is 1. The highest BCUT2D eigenvalue weighted by Crippen LogP contribution is 2.45. The van der Waals surface area contributed by atoms with E-state index in [-0.39, 0.29) is 60.0 Å². The molecule has 0 saturated carbocycles. The maximum absolute atomic E-state index is 14.0. The van der Waals surface area contributed by atoms with E-state index in [1.165, 1.54) is 14.7 Å². The number of hydrogen-bond donors (Lipinski definition) is 2. The highest BCUT2D eigenvalue weighted by atomic mass is 16.5. The molecule has 6 aromatic rings. The van der Waals surface area contributed by atoms with Crippen LogP contribution in [0.3, 0.4) is 0 Å². The topological polar surface area (TPSA) is 252 Å². The van der Waals surface area contributed by atoms with Gasteiger partial charge in [0.15, 0.2) is 34.5 Å². The predicted molar refractivity (Wildman–Crippen MR) is 417 cm³/mol. The van der Waals surface area contributed by atoms with E-state index in [9.17, 15) is 38.7 Å². The van der Waals surface area contributed by atoms with Crippen LogP contribution in [-0.4, -0.2) is 237 Å². The van der Waals surface area contributed by atoms with E-state index in [1.807, 2.05) is 75.4 Å². The Morgan fingerprint density at radius 3 is 1.23 bits per heavy atom. The number of carbonyl (C=O) groups is 7. The molecule has 0 unspecified atom stereocenters. The highest BCUT2D eigenvalue weighted by Gasteiger charge is 2.47. The van der Waals surface area contributed by atoms with Crippen LogP contribution in [-0.2, 0) is 9.53 Å². The van der Waals surface area contributed by atoms with Crippen LogP contribution in [0.15, 0.2) is 109 Å². The normalized spacial score (nSPS) is 17.0. The van der Waals surface area contributed by atoms with E-state index in [1.54, 1.807) is 97.3 Å². The summed E-state index contributed by atoms with van der Waals surface area (Å²) in [5.74, 6) is 1.84. The number of amides is 7. The Kier molecular flexibility index (Phi) is 28.9. The van der Waals surface area contributed by atoms with Crippen molar-refractivity contribution >= 4 is 52.7 Å². The van der Waals surface area contributed by atoms with E-state index < -0.39 is 18.1 Å². The summed E-state index contributed by atoms with van der Waals surface area (Å²) in [5, 5.41) is 12.4. The maximum Gasteiger partial charge on any atom is 0.265 e. The number of nitrogens with zero attached hydrogens (tertiary/aromatic N) is 8. The molecular weight excluding hydrogens is 1390 g/mol. The van der Waals surface area contributed by atoms with Gasteiger partial charge in [0, 0.05) is 97.7 Å². The summed E-state index contributed by atoms with van der Waals surface area (Å²) < 4.78 is 44.5. The summed E-state index contributed by atoms with van der Waals surface area (Å²) in [5.41, 5.74) is 6.59. The Hall–Kier alpha value is -9.79. The fourth-order valence-electron chi connectivity index (χ4n) is 15.2. The first kappa shape index (κ1) is 81.7. The fourth-order valence-corrected chi connectivity index (χ4v) is 15.2. The summed E-state index contributed by atoms with van der Waals surface area (Å²) in [7, 11) is 11.5. The summed E-state index contributed by atoms with van der Waals surface area (Å²) in [6.45, 7) is 22.5. The Balaban J connectivity index is 0.000000175. The average molecular weight is 1500 g/mol. The van der Waals surface area contributed by atoms with Crippen molar-refractivity contribution in [2.24, 2.45) is 5.92 Å². The molecule has 3 atom stereocenters. The predicted octanol–water partition coefficient (Wildman–Crippen LogP) is 11.0. The summed E-state index contributed by atoms with van der Waals surface area (Å²) in [6.07, 6.45) is 4.97. The molecule has 0 radical (unpaired) electrons. The van der Waals surface area contributed by atoms with E-state index in [0.717, 1.165) is 119 Å². The van der Waals surface area contributed by atoms with Gasteiger partial charge in [-0.25, -0.2) is 0 Å². The molecule has 0 spiro atoms. The number of nitrogens with one attached hydrogen (secondary N) is 1. The van der Waals surface area contributed by atoms with Crippen molar-refractivity contribution < 1.29 is 76.6 Å². The van der Waals surface area contributed by atoms with Gasteiger partial charge in [-0.2, -0.15) is 0 Å². The number of piperazine rings is 2. The Morgan fingerprint density at radius 1 is 0.459 bits per heavy atom. The first-order valence-corrected chi connectivity index (χ1v) is 38.3. The average Bonchev–Trinajstić information content (AvgIpc) is 1.62. The van der Waals surface area contributed by atoms with Gasteiger partial charge in [-0.3, -0.25) is 48.3 Å². The van der Waals surface area contributed by atoms with E-state index in [2.05, 4.69) is 50.7 Å². The number of aliphatic hydroxyl groups excluding tert-OH is 1. The minimum Gasteiger partial charge on any atom is -0.493 e. The van der Waals surface area contributed by atoms with Crippen LogP contribution in [0.25, 0.3) is 0 Å². The summed E-state index contributed by atoms with van der Waals surface area (Å²) in [6, 6.07) is 31.3. The zero-order valence-electron chi connectivity index (χ0n) is 65.4. The molecular formula is C84H109N9O16. The number of likely N-dealkylation sites (tertiary alicyclic amines) is 1. The number of methoxy groups -OCH3 is 6. The lowest BCUT2D eigenvalue weighted by Crippen LogP contribution is -2.46. The fraction of sp³-hybridized carbons (Fsp3) is 0.488. The van der Waals surface area contributed by atoms with Crippen LogP contribution in [0, 0.1) is 5.92 Å². The van der Waals surface area contributed by atoms with Crippen molar-refractivity contribution in [1.29, 1.82) is 0 Å². The molecule has 12 rings (SSSR count). The number of aliphatic hydroxyl groups is 1. The number of ether oxygens (including phenoxy) is 8. The van der Waals surface area contributed by atoms with Crippen molar-refractivity contribution in [3.63, 3.8) is 0 Å². The summed E-state index contributed by atoms with van der Waals surface area (Å²) >= 11 is 0. The van der Waals surface area contributed by atoms with Crippen molar-refractivity contribution in [2.75, 3.05) is 164 Å². The second kappa shape index (κ2) is 38.5. The number of imide groups is 3. The number of carbonyl (C=O) groups excluding carboxylic acids is 7. The van der Waals surface area contributed by atoms with Crippen molar-refractivity contribution in [3.8, 4) is 40.2 Å². The molecule has 2 N–H and O–H groups in total. The molecule has 7 amide bonds. The lowest BCUT2D eigenvalue weighted by molar-refractivity contribution is -0.124. The van der Waals surface area contributed by atoms with E-state index in [4.69, 9.17) is 37.9 Å². The van der Waals surface area contributed by atoms with E-state index >= 15 is 0 Å². The van der Waals surface area contributed by atoms with Gasteiger partial charge in [0.2, 0.25) is 5.91 Å². The Morgan fingerprint density at radius 2 is 0.844 bits per heavy atom. The number of hydrogen-bond acceptors (Lipinski definition) is 21. The zero-order valence-corrected chi connectivity index (χ0v) is 65.4. The second-order valence-corrected chi connectivity index (χ2v) is 28.2. The lowest BCUT2D eigenvalue weighted by atomic mass is 9.99. The molecule has 3 saturated heterocycles. The molecule has 25 heteroatoms. The van der Waals surface area contributed by atoms with Gasteiger partial charge >= 0.3 is 0 Å². The third-order valence-corrected chi connectivity index (χ3v) is 21.4. The molecule has 109 heavy (non-hydrogen) atoms. The number of rotatable bonds is 31. The van der Waals surface area contributed by atoms with Crippen LogP contribution in [0.4, 0.5) is 11.4 Å². The van der Waals surface area contributed by atoms with Gasteiger partial charge in [-0.05, 0) is 168 Å². The van der Waals surface area contributed by atoms with Crippen LogP contribution < -0.4 is 48.3 Å². The zero-order chi connectivity index (χ0) is 78.0. The molecule has 6 heterocycles. The highest BCUT2D eigenvalue weighted by molar-refractivity contribution is 6.25. The molecule has 0 aromatic heterocycles. The van der Waals surface area contributed by atoms with Gasteiger partial charge in [0.05, 0.1) is 106 Å². The van der Waals surface area contributed by atoms with E-state index in [0.29, 0.717) is 132 Å². The third kappa shape index (κ3) is 18.4. The first-order chi connectivity index (χ1) is 52.8. The Bertz CT molecular complexity index is 4170. The maximum atomic E-state index is 14.0. The molecule has 6 aliphatic rings. The smallest absolute Gasteiger partial charge is 0.265 e. The summed E-state index contributed by atoms with van der Waals surface area (Å²) in [4.78, 5) is 110. The van der Waals surface area contributed by atoms with Crippen molar-refractivity contribution in [2.45, 2.75) is 110 Å². The van der Waals surface area contributed by atoms with Gasteiger partial charge in [-0.1, -0.05) is 64.1 Å². The van der Waals surface area contributed by atoms with Gasteiger partial charge in [-0.15, -0.1) is 0 Å².